The van der Waals surface area contributed by atoms with Crippen LogP contribution in [0, 0.1) is 0 Å². The van der Waals surface area contributed by atoms with Gasteiger partial charge in [-0.15, -0.1) is 0 Å². The molecule has 0 aliphatic rings. The molecule has 0 aromatic heterocycles. The minimum Gasteiger partial charge on any atom is -0.494 e. The Hall–Kier alpha value is -3.56. The van der Waals surface area contributed by atoms with Crippen molar-refractivity contribution >= 4 is 15.9 Å². The molecule has 0 aliphatic heterocycles. The summed E-state index contributed by atoms with van der Waals surface area (Å²) in [6, 6.07) is 19.2. The molecule has 3 rings (SSSR count). The number of carbonyl (C=O) groups is 1. The summed E-state index contributed by atoms with van der Waals surface area (Å²) in [6.07, 6.45) is 0.182. The molecule has 0 saturated heterocycles. The Morgan fingerprint density at radius 2 is 1.58 bits per heavy atom. The van der Waals surface area contributed by atoms with Crippen LogP contribution in [-0.2, 0) is 21.2 Å². The van der Waals surface area contributed by atoms with E-state index in [4.69, 9.17) is 14.2 Å². The van der Waals surface area contributed by atoms with Crippen molar-refractivity contribution in [3.63, 3.8) is 0 Å². The fourth-order valence-corrected chi connectivity index (χ4v) is 4.89. The van der Waals surface area contributed by atoms with Crippen LogP contribution in [0.4, 0.5) is 0 Å². The molecule has 9 heteroatoms. The van der Waals surface area contributed by atoms with Gasteiger partial charge in [-0.2, -0.15) is 4.72 Å². The minimum atomic E-state index is -3.98. The molecular formula is C27H32N2O6S. The van der Waals surface area contributed by atoms with Gasteiger partial charge in [-0.05, 0) is 67.8 Å². The first kappa shape index (κ1) is 27.0. The van der Waals surface area contributed by atoms with E-state index in [1.165, 1.54) is 19.2 Å². The molecule has 0 fully saturated rings. The van der Waals surface area contributed by atoms with E-state index in [2.05, 4.69) is 10.0 Å². The van der Waals surface area contributed by atoms with Crippen LogP contribution in [-0.4, -0.2) is 41.2 Å². The second-order valence-electron chi connectivity index (χ2n) is 8.11. The van der Waals surface area contributed by atoms with Crippen LogP contribution in [0.2, 0.25) is 0 Å². The molecule has 3 aromatic carbocycles. The van der Waals surface area contributed by atoms with E-state index in [-0.39, 0.29) is 11.3 Å². The van der Waals surface area contributed by atoms with Gasteiger partial charge in [0, 0.05) is 0 Å². The summed E-state index contributed by atoms with van der Waals surface area (Å²) >= 11 is 0. The van der Waals surface area contributed by atoms with Crippen LogP contribution in [0.1, 0.15) is 31.0 Å². The number of carbonyl (C=O) groups excluding carboxylic acids is 1. The molecular weight excluding hydrogens is 480 g/mol. The van der Waals surface area contributed by atoms with Crippen molar-refractivity contribution in [3.8, 4) is 17.2 Å². The molecule has 36 heavy (non-hydrogen) atoms. The van der Waals surface area contributed by atoms with Crippen LogP contribution in [0.15, 0.2) is 77.7 Å². The lowest BCUT2D eigenvalue weighted by molar-refractivity contribution is -0.123. The molecule has 1 amide bonds. The lowest BCUT2D eigenvalue weighted by Gasteiger charge is -2.22. The first-order chi connectivity index (χ1) is 17.3. The highest BCUT2D eigenvalue weighted by molar-refractivity contribution is 7.89. The zero-order valence-electron chi connectivity index (χ0n) is 20.9. The lowest BCUT2D eigenvalue weighted by Crippen LogP contribution is -2.48. The van der Waals surface area contributed by atoms with Crippen LogP contribution in [0.25, 0.3) is 0 Å². The van der Waals surface area contributed by atoms with Gasteiger partial charge in [0.1, 0.15) is 11.8 Å². The molecule has 0 bridgehead atoms. The quantitative estimate of drug-likeness (QED) is 0.382. The largest absolute Gasteiger partial charge is 0.494 e. The third kappa shape index (κ3) is 6.99. The average molecular weight is 513 g/mol. The summed E-state index contributed by atoms with van der Waals surface area (Å²) in [5.41, 5.74) is 1.61. The van der Waals surface area contributed by atoms with Gasteiger partial charge in [-0.3, -0.25) is 4.79 Å². The first-order valence-corrected chi connectivity index (χ1v) is 13.1. The Kier molecular flexibility index (Phi) is 9.32. The zero-order chi connectivity index (χ0) is 26.1. The van der Waals surface area contributed by atoms with Crippen molar-refractivity contribution in [2.45, 2.75) is 37.2 Å². The molecule has 192 valence electrons. The van der Waals surface area contributed by atoms with Crippen molar-refractivity contribution in [1.82, 2.24) is 10.0 Å². The fourth-order valence-electron chi connectivity index (χ4n) is 3.69. The monoisotopic (exact) mass is 512 g/mol. The molecule has 0 radical (unpaired) electrons. The standard InChI is InChI=1S/C27H32N2O6S/c1-5-35-22-12-14-23(15-13-22)36(31,32)29-24(17-20-9-7-6-8-10-20)27(30)28-19(2)21-11-16-25(33-3)26(18-21)34-4/h6-16,18-19,24,29H,5,17H2,1-4H3,(H,28,30)/t19-,24+/m0/s1. The molecule has 2 N–H and O–H groups in total. The number of sulfonamides is 1. The molecule has 0 saturated carbocycles. The van der Waals surface area contributed by atoms with E-state index in [0.717, 1.165) is 11.1 Å². The summed E-state index contributed by atoms with van der Waals surface area (Å²) in [5, 5.41) is 2.92. The topological polar surface area (TPSA) is 103 Å². The molecule has 0 heterocycles. The Balaban J connectivity index is 1.82. The summed E-state index contributed by atoms with van der Waals surface area (Å²) < 4.78 is 44.9. The summed E-state index contributed by atoms with van der Waals surface area (Å²) in [6.45, 7) is 4.14. The fraction of sp³-hybridized carbons (Fsp3) is 0.296. The Morgan fingerprint density at radius 3 is 2.19 bits per heavy atom. The van der Waals surface area contributed by atoms with E-state index in [1.54, 1.807) is 31.4 Å². The smallest absolute Gasteiger partial charge is 0.241 e. The molecule has 3 aromatic rings. The minimum absolute atomic E-state index is 0.0461. The maximum absolute atomic E-state index is 13.3. The van der Waals surface area contributed by atoms with Crippen LogP contribution < -0.4 is 24.2 Å². The Morgan fingerprint density at radius 1 is 0.917 bits per heavy atom. The maximum atomic E-state index is 13.3. The number of hydrogen-bond acceptors (Lipinski definition) is 6. The predicted octanol–water partition coefficient (Wildman–Crippen LogP) is 3.87. The number of hydrogen-bond donors (Lipinski definition) is 2. The maximum Gasteiger partial charge on any atom is 0.241 e. The highest BCUT2D eigenvalue weighted by Gasteiger charge is 2.27. The number of rotatable bonds is 12. The van der Waals surface area contributed by atoms with Crippen LogP contribution >= 0.6 is 0 Å². The van der Waals surface area contributed by atoms with Gasteiger partial charge in [-0.1, -0.05) is 36.4 Å². The Labute approximate surface area is 212 Å². The summed E-state index contributed by atoms with van der Waals surface area (Å²) in [7, 11) is -0.892. The van der Waals surface area contributed by atoms with Gasteiger partial charge in [-0.25, -0.2) is 8.42 Å². The van der Waals surface area contributed by atoms with E-state index in [9.17, 15) is 13.2 Å². The first-order valence-electron chi connectivity index (χ1n) is 11.6. The van der Waals surface area contributed by atoms with Gasteiger partial charge in [0.2, 0.25) is 15.9 Å². The molecule has 0 unspecified atom stereocenters. The van der Waals surface area contributed by atoms with Gasteiger partial charge < -0.3 is 19.5 Å². The van der Waals surface area contributed by atoms with Crippen molar-refractivity contribution < 1.29 is 27.4 Å². The van der Waals surface area contributed by atoms with Gasteiger partial charge >= 0.3 is 0 Å². The van der Waals surface area contributed by atoms with E-state index >= 15 is 0 Å². The third-order valence-corrected chi connectivity index (χ3v) is 7.10. The van der Waals surface area contributed by atoms with E-state index in [0.29, 0.717) is 23.9 Å². The number of nitrogens with one attached hydrogen (secondary N) is 2. The predicted molar refractivity (Wildman–Crippen MR) is 138 cm³/mol. The molecule has 0 aliphatic carbocycles. The number of methoxy groups -OCH3 is 2. The van der Waals surface area contributed by atoms with Crippen LogP contribution in [0.3, 0.4) is 0 Å². The SMILES string of the molecule is CCOc1ccc(S(=O)(=O)N[C@H](Cc2ccccc2)C(=O)N[C@@H](C)c2ccc(OC)c(OC)c2)cc1. The summed E-state index contributed by atoms with van der Waals surface area (Å²) in [5.74, 6) is 1.23. The molecule has 8 nitrogen and oxygen atoms in total. The second kappa shape index (κ2) is 12.4. The average Bonchev–Trinajstić information content (AvgIpc) is 2.88. The van der Waals surface area contributed by atoms with Gasteiger partial charge in [0.15, 0.2) is 11.5 Å². The number of amides is 1. The highest BCUT2D eigenvalue weighted by atomic mass is 32.2. The highest BCUT2D eigenvalue weighted by Crippen LogP contribution is 2.30. The van der Waals surface area contributed by atoms with Crippen molar-refractivity contribution in [1.29, 1.82) is 0 Å². The van der Waals surface area contributed by atoms with E-state index in [1.807, 2.05) is 50.2 Å². The zero-order valence-corrected chi connectivity index (χ0v) is 21.7. The van der Waals surface area contributed by atoms with Crippen molar-refractivity contribution in [3.05, 3.63) is 83.9 Å². The third-order valence-electron chi connectivity index (χ3n) is 5.61. The number of ether oxygens (including phenoxy) is 3. The second-order valence-corrected chi connectivity index (χ2v) is 9.83. The summed E-state index contributed by atoms with van der Waals surface area (Å²) in [4.78, 5) is 13.4. The number of benzene rings is 3. The molecule has 0 spiro atoms. The Bertz CT molecular complexity index is 1250. The van der Waals surface area contributed by atoms with Crippen molar-refractivity contribution in [2.75, 3.05) is 20.8 Å². The van der Waals surface area contributed by atoms with Crippen LogP contribution in [0.5, 0.6) is 17.2 Å². The molecule has 2 atom stereocenters. The van der Waals surface area contributed by atoms with Crippen molar-refractivity contribution in [2.24, 2.45) is 0 Å². The van der Waals surface area contributed by atoms with E-state index < -0.39 is 28.0 Å². The van der Waals surface area contributed by atoms with Gasteiger partial charge in [0.05, 0.1) is 31.8 Å². The lowest BCUT2D eigenvalue weighted by atomic mass is 10.0. The van der Waals surface area contributed by atoms with Gasteiger partial charge in [0.25, 0.3) is 0 Å². The normalized spacial score (nSPS) is 12.9.